The standard InChI is InChI=1S/C26H41BrO6/c1-4-5-6-22(31)33-17-7-9-25(3)16(11-17)12-21(30)23-18(25)8-10-26(14-28)19(23)13-20(27)24(26)32-15(2)29/h16-21,23-24,28,30H,4-14H2,1-3H3/t16?,17-,18?,19?,20+,21-,23?,24-,25-,26+/m0/s1. The minimum Gasteiger partial charge on any atom is -0.462 e. The van der Waals surface area contributed by atoms with Crippen molar-refractivity contribution < 1.29 is 29.3 Å². The molecule has 2 N–H and O–H groups in total. The van der Waals surface area contributed by atoms with Gasteiger partial charge >= 0.3 is 11.9 Å². The number of fused-ring (bicyclic) bond motifs is 5. The maximum Gasteiger partial charge on any atom is 0.306 e. The van der Waals surface area contributed by atoms with E-state index in [1.807, 2.05) is 0 Å². The van der Waals surface area contributed by atoms with Crippen molar-refractivity contribution in [3.8, 4) is 0 Å². The lowest BCUT2D eigenvalue weighted by Gasteiger charge is -2.62. The lowest BCUT2D eigenvalue weighted by Crippen LogP contribution is -2.60. The van der Waals surface area contributed by atoms with Gasteiger partial charge in [0, 0.05) is 18.8 Å². The number of hydrogen-bond donors (Lipinski definition) is 2. The Morgan fingerprint density at radius 1 is 1.09 bits per heavy atom. The first-order chi connectivity index (χ1) is 15.7. The molecule has 0 aliphatic heterocycles. The number of unbranched alkanes of at least 4 members (excludes halogenated alkanes) is 1. The van der Waals surface area contributed by atoms with Crippen LogP contribution in [0.5, 0.6) is 0 Å². The predicted molar refractivity (Wildman–Crippen MR) is 128 cm³/mol. The third kappa shape index (κ3) is 4.40. The molecule has 7 heteroatoms. The van der Waals surface area contributed by atoms with Gasteiger partial charge in [-0.05, 0) is 80.5 Å². The van der Waals surface area contributed by atoms with Crippen molar-refractivity contribution in [1.29, 1.82) is 0 Å². The van der Waals surface area contributed by atoms with Crippen LogP contribution in [0.1, 0.15) is 85.0 Å². The van der Waals surface area contributed by atoms with Crippen LogP contribution in [0.25, 0.3) is 0 Å². The number of aliphatic hydroxyl groups is 2. The maximum atomic E-state index is 12.2. The number of rotatable bonds is 6. The van der Waals surface area contributed by atoms with Gasteiger partial charge in [0.15, 0.2) is 0 Å². The summed E-state index contributed by atoms with van der Waals surface area (Å²) < 4.78 is 11.6. The monoisotopic (exact) mass is 528 g/mol. The fourth-order valence-corrected chi connectivity index (χ4v) is 9.29. The maximum absolute atomic E-state index is 12.2. The van der Waals surface area contributed by atoms with E-state index in [0.717, 1.165) is 51.4 Å². The predicted octanol–water partition coefficient (Wildman–Crippen LogP) is 4.38. The molecule has 4 aliphatic carbocycles. The summed E-state index contributed by atoms with van der Waals surface area (Å²) in [4.78, 5) is 24.0. The molecule has 0 aromatic rings. The molecule has 33 heavy (non-hydrogen) atoms. The average Bonchev–Trinajstić information content (AvgIpc) is 3.04. The zero-order valence-corrected chi connectivity index (χ0v) is 21.9. The van der Waals surface area contributed by atoms with Crippen LogP contribution in [0.4, 0.5) is 0 Å². The largest absolute Gasteiger partial charge is 0.462 e. The number of ether oxygens (including phenoxy) is 2. The van der Waals surface area contributed by atoms with Gasteiger partial charge in [-0.3, -0.25) is 9.59 Å². The molecule has 0 amide bonds. The molecule has 0 saturated heterocycles. The summed E-state index contributed by atoms with van der Waals surface area (Å²) in [6, 6.07) is 0. The van der Waals surface area contributed by atoms with Crippen molar-refractivity contribution in [3.05, 3.63) is 0 Å². The Morgan fingerprint density at radius 3 is 2.52 bits per heavy atom. The molecule has 4 unspecified atom stereocenters. The van der Waals surface area contributed by atoms with Crippen molar-refractivity contribution >= 4 is 27.9 Å². The third-order valence-electron chi connectivity index (χ3n) is 9.88. The first kappa shape index (κ1) is 25.4. The summed E-state index contributed by atoms with van der Waals surface area (Å²) in [6.07, 6.45) is 7.46. The van der Waals surface area contributed by atoms with E-state index < -0.39 is 11.5 Å². The van der Waals surface area contributed by atoms with E-state index in [0.29, 0.717) is 24.7 Å². The molecular formula is C26H41BrO6. The molecule has 4 aliphatic rings. The van der Waals surface area contributed by atoms with E-state index in [1.54, 1.807) is 0 Å². The third-order valence-corrected chi connectivity index (χ3v) is 10.7. The summed E-state index contributed by atoms with van der Waals surface area (Å²) in [6.45, 7) is 5.86. The van der Waals surface area contributed by atoms with Gasteiger partial charge in [-0.15, -0.1) is 0 Å². The highest BCUT2D eigenvalue weighted by Crippen LogP contribution is 2.67. The van der Waals surface area contributed by atoms with Gasteiger partial charge in [0.2, 0.25) is 0 Å². The molecule has 188 valence electrons. The highest BCUT2D eigenvalue weighted by atomic mass is 79.9. The Balaban J connectivity index is 1.52. The van der Waals surface area contributed by atoms with Gasteiger partial charge < -0.3 is 19.7 Å². The van der Waals surface area contributed by atoms with Gasteiger partial charge in [-0.2, -0.15) is 0 Å². The quantitative estimate of drug-likeness (QED) is 0.392. The van der Waals surface area contributed by atoms with Crippen molar-refractivity contribution in [2.75, 3.05) is 6.61 Å². The summed E-state index contributed by atoms with van der Waals surface area (Å²) in [5.41, 5.74) is -0.393. The van der Waals surface area contributed by atoms with E-state index in [4.69, 9.17) is 9.47 Å². The van der Waals surface area contributed by atoms with Crippen LogP contribution >= 0.6 is 15.9 Å². The van der Waals surface area contributed by atoms with Gasteiger partial charge in [0.05, 0.1) is 17.5 Å². The zero-order chi connectivity index (χ0) is 24.0. The number of carbonyl (C=O) groups is 2. The number of esters is 2. The van der Waals surface area contributed by atoms with Crippen LogP contribution < -0.4 is 0 Å². The summed E-state index contributed by atoms with van der Waals surface area (Å²) in [7, 11) is 0. The van der Waals surface area contributed by atoms with Crippen LogP contribution in [0.15, 0.2) is 0 Å². The first-order valence-electron chi connectivity index (χ1n) is 13.0. The van der Waals surface area contributed by atoms with E-state index in [2.05, 4.69) is 29.8 Å². The Kier molecular flexibility index (Phi) is 7.53. The lowest BCUT2D eigenvalue weighted by atomic mass is 9.44. The molecule has 6 nitrogen and oxygen atoms in total. The molecular weight excluding hydrogens is 488 g/mol. The van der Waals surface area contributed by atoms with Crippen molar-refractivity contribution in [3.63, 3.8) is 0 Å². The molecule has 4 rings (SSSR count). The molecule has 0 radical (unpaired) electrons. The van der Waals surface area contributed by atoms with Crippen molar-refractivity contribution in [1.82, 2.24) is 0 Å². The number of aliphatic hydroxyl groups excluding tert-OH is 2. The second-order valence-electron chi connectivity index (χ2n) is 11.5. The Labute approximate surface area is 206 Å². The first-order valence-corrected chi connectivity index (χ1v) is 13.9. The van der Waals surface area contributed by atoms with Crippen LogP contribution in [0, 0.1) is 34.5 Å². The van der Waals surface area contributed by atoms with E-state index in [-0.39, 0.29) is 52.8 Å². The average molecular weight is 530 g/mol. The Hall–Kier alpha value is -0.660. The van der Waals surface area contributed by atoms with Crippen molar-refractivity contribution in [2.24, 2.45) is 34.5 Å². The fourth-order valence-electron chi connectivity index (χ4n) is 8.25. The number of alkyl halides is 1. The minimum atomic E-state index is -0.489. The van der Waals surface area contributed by atoms with Gasteiger partial charge in [0.1, 0.15) is 12.2 Å². The smallest absolute Gasteiger partial charge is 0.306 e. The topological polar surface area (TPSA) is 93.1 Å². The normalized spacial score (nSPS) is 46.6. The summed E-state index contributed by atoms with van der Waals surface area (Å²) >= 11 is 3.75. The second-order valence-corrected chi connectivity index (χ2v) is 12.7. The molecule has 0 spiro atoms. The number of carbonyl (C=O) groups excluding carboxylic acids is 2. The lowest BCUT2D eigenvalue weighted by molar-refractivity contribution is -0.197. The van der Waals surface area contributed by atoms with Crippen LogP contribution in [-0.2, 0) is 19.1 Å². The SMILES string of the molecule is CCCCC(=O)O[C@H]1CC[C@@]2(C)C(C1)C[C@H](O)C1C2CC[C@@]2(CO)C1C[C@@H](Br)[C@@H]2OC(C)=O. The molecule has 4 saturated carbocycles. The van der Waals surface area contributed by atoms with Crippen LogP contribution in [-0.4, -0.2) is 51.9 Å². The minimum absolute atomic E-state index is 0.00620. The van der Waals surface area contributed by atoms with Gasteiger partial charge in [0.25, 0.3) is 0 Å². The van der Waals surface area contributed by atoms with Crippen LogP contribution in [0.3, 0.4) is 0 Å². The molecule has 4 fully saturated rings. The summed E-state index contributed by atoms with van der Waals surface area (Å²) in [5.74, 6) is 0.504. The zero-order valence-electron chi connectivity index (χ0n) is 20.3. The molecule has 0 aromatic heterocycles. The summed E-state index contributed by atoms with van der Waals surface area (Å²) in [5, 5.41) is 22.0. The van der Waals surface area contributed by atoms with Crippen molar-refractivity contribution in [2.45, 2.75) is 108 Å². The van der Waals surface area contributed by atoms with Gasteiger partial charge in [-0.25, -0.2) is 0 Å². The Morgan fingerprint density at radius 2 is 1.85 bits per heavy atom. The van der Waals surface area contributed by atoms with E-state index >= 15 is 0 Å². The number of halogens is 1. The second kappa shape index (κ2) is 9.77. The molecule has 0 bridgehead atoms. The van der Waals surface area contributed by atoms with Crippen LogP contribution in [0.2, 0.25) is 0 Å². The molecule has 0 aromatic carbocycles. The highest BCUT2D eigenvalue weighted by Gasteiger charge is 2.66. The van der Waals surface area contributed by atoms with E-state index in [9.17, 15) is 19.8 Å². The van der Waals surface area contributed by atoms with Gasteiger partial charge in [-0.1, -0.05) is 36.2 Å². The Bertz CT molecular complexity index is 744. The fraction of sp³-hybridized carbons (Fsp3) is 0.923. The molecule has 0 heterocycles. The van der Waals surface area contributed by atoms with E-state index in [1.165, 1.54) is 6.92 Å². The number of hydrogen-bond acceptors (Lipinski definition) is 6. The highest BCUT2D eigenvalue weighted by molar-refractivity contribution is 9.09. The molecule has 10 atom stereocenters.